The summed E-state index contributed by atoms with van der Waals surface area (Å²) in [6, 6.07) is 7.90. The summed E-state index contributed by atoms with van der Waals surface area (Å²) in [5, 5.41) is 0. The number of para-hydroxylation sites is 1. The van der Waals surface area contributed by atoms with E-state index in [1.807, 2.05) is 0 Å². The van der Waals surface area contributed by atoms with Gasteiger partial charge in [-0.15, -0.1) is 0 Å². The lowest BCUT2D eigenvalue weighted by Crippen LogP contribution is -2.81. The summed E-state index contributed by atoms with van der Waals surface area (Å²) in [5.41, 5.74) is -3.54. The average molecular weight is 299 g/mol. The molecule has 1 aliphatic carbocycles. The van der Waals surface area contributed by atoms with Crippen LogP contribution in [0.25, 0.3) is 0 Å². The molecule has 3 nitrogen and oxygen atoms in total. The van der Waals surface area contributed by atoms with Crippen LogP contribution in [0.4, 0.5) is 13.2 Å². The molecule has 1 saturated carbocycles. The smallest absolute Gasteiger partial charge is 0.449 e. The van der Waals surface area contributed by atoms with E-state index in [-0.39, 0.29) is 18.7 Å². The van der Waals surface area contributed by atoms with Gasteiger partial charge in [0.25, 0.3) is 5.72 Å². The molecule has 0 aromatic heterocycles. The lowest BCUT2D eigenvalue weighted by molar-refractivity contribution is -0.384. The summed E-state index contributed by atoms with van der Waals surface area (Å²) in [6.07, 6.45) is -2.04. The van der Waals surface area contributed by atoms with Crippen molar-refractivity contribution in [2.24, 2.45) is 5.41 Å². The molecular weight excluding hydrogens is 283 g/mol. The van der Waals surface area contributed by atoms with Crippen LogP contribution in [-0.4, -0.2) is 29.8 Å². The first-order valence-corrected chi connectivity index (χ1v) is 6.98. The Labute approximate surface area is 120 Å². The first-order valence-electron chi connectivity index (χ1n) is 6.98. The van der Waals surface area contributed by atoms with Crippen molar-refractivity contribution in [1.82, 2.24) is 4.90 Å². The number of likely N-dealkylation sites (tertiary alicyclic amines) is 1. The van der Waals surface area contributed by atoms with Gasteiger partial charge in [0.05, 0.1) is 5.41 Å². The summed E-state index contributed by atoms with van der Waals surface area (Å²) in [7, 11) is 0. The van der Waals surface area contributed by atoms with Gasteiger partial charge >= 0.3 is 6.18 Å². The number of benzene rings is 1. The quantitative estimate of drug-likeness (QED) is 0.801. The summed E-state index contributed by atoms with van der Waals surface area (Å²) < 4.78 is 47.0. The lowest BCUT2D eigenvalue weighted by atomic mass is 9.66. The third-order valence-electron chi connectivity index (χ3n) is 4.68. The number of amides is 1. The fourth-order valence-electron chi connectivity index (χ4n) is 3.77. The third kappa shape index (κ3) is 1.84. The Morgan fingerprint density at radius 1 is 1.14 bits per heavy atom. The maximum atomic E-state index is 13.8. The molecule has 0 bridgehead atoms. The SMILES string of the molecule is O=CN1CC2(CCCC2)C1(Oc1ccccc1)C(F)(F)F. The maximum absolute atomic E-state index is 13.8. The fourth-order valence-corrected chi connectivity index (χ4v) is 3.77. The highest BCUT2D eigenvalue weighted by Crippen LogP contribution is 2.62. The normalized spacial score (nSPS) is 27.5. The largest absolute Gasteiger partial charge is 0.457 e. The van der Waals surface area contributed by atoms with Crippen molar-refractivity contribution in [2.45, 2.75) is 37.6 Å². The number of carbonyl (C=O) groups excluding carboxylic acids is 1. The molecule has 0 N–H and O–H groups in total. The van der Waals surface area contributed by atoms with Gasteiger partial charge in [0, 0.05) is 6.54 Å². The van der Waals surface area contributed by atoms with Gasteiger partial charge in [0.2, 0.25) is 6.41 Å². The van der Waals surface area contributed by atoms with E-state index in [2.05, 4.69) is 0 Å². The number of alkyl halides is 3. The second-order valence-electron chi connectivity index (χ2n) is 5.78. The number of halogens is 3. The van der Waals surface area contributed by atoms with Crippen LogP contribution in [-0.2, 0) is 4.79 Å². The zero-order valence-electron chi connectivity index (χ0n) is 11.4. The van der Waals surface area contributed by atoms with E-state index in [1.54, 1.807) is 18.2 Å². The molecule has 1 atom stereocenters. The topological polar surface area (TPSA) is 29.5 Å². The van der Waals surface area contributed by atoms with E-state index in [9.17, 15) is 18.0 Å². The molecule has 1 aliphatic heterocycles. The van der Waals surface area contributed by atoms with Crippen LogP contribution >= 0.6 is 0 Å². The van der Waals surface area contributed by atoms with Crippen LogP contribution in [0, 0.1) is 5.41 Å². The van der Waals surface area contributed by atoms with E-state index >= 15 is 0 Å². The molecule has 21 heavy (non-hydrogen) atoms. The van der Waals surface area contributed by atoms with Crippen molar-refractivity contribution in [3.63, 3.8) is 0 Å². The van der Waals surface area contributed by atoms with Crippen LogP contribution in [0.5, 0.6) is 5.75 Å². The molecule has 114 valence electrons. The van der Waals surface area contributed by atoms with Crippen molar-refractivity contribution in [3.8, 4) is 5.75 Å². The zero-order chi connectivity index (χ0) is 15.1. The number of rotatable bonds is 3. The Bertz CT molecular complexity index is 525. The number of nitrogens with zero attached hydrogens (tertiary/aromatic N) is 1. The van der Waals surface area contributed by atoms with E-state index in [0.29, 0.717) is 12.8 Å². The maximum Gasteiger partial charge on any atom is 0.449 e. The number of ether oxygens (including phenoxy) is 1. The molecule has 6 heteroatoms. The molecule has 1 heterocycles. The molecule has 1 unspecified atom stereocenters. The highest BCUT2D eigenvalue weighted by Gasteiger charge is 2.79. The average Bonchev–Trinajstić information content (AvgIpc) is 2.93. The monoisotopic (exact) mass is 299 g/mol. The van der Waals surface area contributed by atoms with Gasteiger partial charge < -0.3 is 4.74 Å². The van der Waals surface area contributed by atoms with Gasteiger partial charge in [-0.25, -0.2) is 0 Å². The standard InChI is InChI=1S/C15H16F3NO2/c16-15(17,18)14(21-12-6-2-1-3-7-12)13(8-4-5-9-13)10-19(14)11-20/h1-3,6-7,11H,4-5,8-10H2. The molecule has 1 aromatic carbocycles. The fraction of sp³-hybridized carbons (Fsp3) is 0.533. The second kappa shape index (κ2) is 4.64. The van der Waals surface area contributed by atoms with Crippen molar-refractivity contribution in [3.05, 3.63) is 30.3 Å². The summed E-state index contributed by atoms with van der Waals surface area (Å²) in [6.45, 7) is 0.114. The van der Waals surface area contributed by atoms with Gasteiger partial charge in [-0.05, 0) is 25.0 Å². The van der Waals surface area contributed by atoms with Crippen LogP contribution in [0.1, 0.15) is 25.7 Å². The van der Waals surface area contributed by atoms with Gasteiger partial charge in [-0.1, -0.05) is 31.0 Å². The molecular formula is C15H16F3NO2. The Balaban J connectivity index is 2.05. The second-order valence-corrected chi connectivity index (χ2v) is 5.78. The van der Waals surface area contributed by atoms with E-state index in [0.717, 1.165) is 17.7 Å². The van der Waals surface area contributed by atoms with Crippen molar-refractivity contribution in [1.29, 1.82) is 0 Å². The predicted molar refractivity (Wildman–Crippen MR) is 69.5 cm³/mol. The van der Waals surface area contributed by atoms with E-state index in [1.165, 1.54) is 12.1 Å². The number of hydrogen-bond acceptors (Lipinski definition) is 2. The Morgan fingerprint density at radius 3 is 2.29 bits per heavy atom. The van der Waals surface area contributed by atoms with Crippen LogP contribution < -0.4 is 4.74 Å². The van der Waals surface area contributed by atoms with Crippen LogP contribution in [0.15, 0.2) is 30.3 Å². The summed E-state index contributed by atoms with van der Waals surface area (Å²) >= 11 is 0. The third-order valence-corrected chi connectivity index (χ3v) is 4.68. The molecule has 3 rings (SSSR count). The number of carbonyl (C=O) groups is 1. The van der Waals surface area contributed by atoms with Gasteiger partial charge in [-0.2, -0.15) is 13.2 Å². The lowest BCUT2D eigenvalue weighted by Gasteiger charge is -2.62. The first kappa shape index (κ1) is 14.2. The predicted octanol–water partition coefficient (Wildman–Crippen LogP) is 3.36. The summed E-state index contributed by atoms with van der Waals surface area (Å²) in [5.74, 6) is 0.132. The van der Waals surface area contributed by atoms with Gasteiger partial charge in [0.15, 0.2) is 0 Å². The van der Waals surface area contributed by atoms with Gasteiger partial charge in [-0.3, -0.25) is 9.69 Å². The molecule has 0 radical (unpaired) electrons. The molecule has 2 aliphatic rings. The minimum atomic E-state index is -4.63. The van der Waals surface area contributed by atoms with E-state index < -0.39 is 17.3 Å². The van der Waals surface area contributed by atoms with Crippen LogP contribution in [0.2, 0.25) is 0 Å². The van der Waals surface area contributed by atoms with Crippen LogP contribution in [0.3, 0.4) is 0 Å². The Hall–Kier alpha value is -1.72. The minimum Gasteiger partial charge on any atom is -0.457 e. The molecule has 1 spiro atoms. The zero-order valence-corrected chi connectivity index (χ0v) is 11.4. The highest BCUT2D eigenvalue weighted by atomic mass is 19.4. The Morgan fingerprint density at radius 2 is 1.76 bits per heavy atom. The van der Waals surface area contributed by atoms with Crippen molar-refractivity contribution < 1.29 is 22.7 Å². The van der Waals surface area contributed by atoms with E-state index in [4.69, 9.17) is 4.74 Å². The van der Waals surface area contributed by atoms with Crippen molar-refractivity contribution >= 4 is 6.41 Å². The first-order chi connectivity index (χ1) is 9.95. The molecule has 2 fully saturated rings. The Kier molecular flexibility index (Phi) is 3.15. The number of hydrogen-bond donors (Lipinski definition) is 0. The minimum absolute atomic E-state index is 0.114. The molecule has 1 aromatic rings. The molecule has 1 amide bonds. The summed E-state index contributed by atoms with van der Waals surface area (Å²) in [4.78, 5) is 11.9. The van der Waals surface area contributed by atoms with Crippen molar-refractivity contribution in [2.75, 3.05) is 6.54 Å². The molecule has 1 saturated heterocycles. The highest BCUT2D eigenvalue weighted by molar-refractivity contribution is 5.53. The van der Waals surface area contributed by atoms with Gasteiger partial charge in [0.1, 0.15) is 5.75 Å².